The summed E-state index contributed by atoms with van der Waals surface area (Å²) in [6, 6.07) is 0. The lowest BCUT2D eigenvalue weighted by atomic mass is 10.4. The first-order valence-electron chi connectivity index (χ1n) is 14.1. The number of alkyl halides is 40. The molecule has 1 aliphatic rings. The highest BCUT2D eigenvalue weighted by molar-refractivity contribution is 4.86. The van der Waals surface area contributed by atoms with Crippen molar-refractivity contribution in [1.29, 1.82) is 0 Å². The summed E-state index contributed by atoms with van der Waals surface area (Å²) in [7, 11) is 0. The van der Waals surface area contributed by atoms with Gasteiger partial charge >= 0.3 is 122 Å². The van der Waals surface area contributed by atoms with Crippen molar-refractivity contribution in [1.82, 2.24) is 0 Å². The highest BCUT2D eigenvalue weighted by Gasteiger charge is 2.84. The summed E-state index contributed by atoms with van der Waals surface area (Å²) in [5.41, 5.74) is 0. The Morgan fingerprint density at radius 2 is 0.114 bits per heavy atom. The van der Waals surface area contributed by atoms with Gasteiger partial charge < -0.3 is 0 Å². The van der Waals surface area contributed by atoms with E-state index in [0.717, 1.165) is 47.4 Å². The van der Waals surface area contributed by atoms with Gasteiger partial charge in [0.05, 0.1) is 0 Å². The van der Waals surface area contributed by atoms with Crippen LogP contribution < -0.4 is 0 Å². The monoisotopic (exact) mass is 1160 g/mol. The molecule has 0 N–H and O–H groups in total. The van der Waals surface area contributed by atoms with Gasteiger partial charge in [0.15, 0.2) is 0 Å². The van der Waals surface area contributed by atoms with Crippen LogP contribution in [-0.2, 0) is 47.4 Å². The molecule has 0 aromatic heterocycles. The van der Waals surface area contributed by atoms with Gasteiger partial charge in [0, 0.05) is 0 Å². The number of rotatable bonds is 0. The molecule has 10 nitrogen and oxygen atoms in total. The van der Waals surface area contributed by atoms with Gasteiger partial charge in [0.2, 0.25) is 0 Å². The molecule has 0 atom stereocenters. The van der Waals surface area contributed by atoms with E-state index in [0.29, 0.717) is 0 Å². The molecule has 0 amide bonds. The largest absolute Gasteiger partial charge is 0.453 e. The zero-order valence-corrected chi connectivity index (χ0v) is 29.2. The van der Waals surface area contributed by atoms with Gasteiger partial charge in [-0.15, -0.1) is 0 Å². The Balaban J connectivity index is 4.20. The van der Waals surface area contributed by atoms with Crippen LogP contribution in [0.1, 0.15) is 0 Å². The molecular formula is C20F40O10. The van der Waals surface area contributed by atoms with Gasteiger partial charge in [0.1, 0.15) is 0 Å². The molecule has 1 saturated heterocycles. The van der Waals surface area contributed by atoms with Gasteiger partial charge in [-0.2, -0.15) is 176 Å². The third-order valence-corrected chi connectivity index (χ3v) is 5.95. The average Bonchev–Trinajstić information content (AvgIpc) is 2.98. The van der Waals surface area contributed by atoms with Gasteiger partial charge in [-0.05, 0) is 0 Å². The molecule has 1 fully saturated rings. The molecule has 0 bridgehead atoms. The normalized spacial score (nSPS) is 32.6. The van der Waals surface area contributed by atoms with Crippen molar-refractivity contribution < 1.29 is 223 Å². The highest BCUT2D eigenvalue weighted by atomic mass is 19.4. The maximum Gasteiger partial charge on any atom is 0.453 e. The van der Waals surface area contributed by atoms with E-state index in [2.05, 4.69) is 0 Å². The van der Waals surface area contributed by atoms with Crippen LogP contribution in [0.2, 0.25) is 0 Å². The first kappa shape index (κ1) is 64.8. The van der Waals surface area contributed by atoms with E-state index in [4.69, 9.17) is 0 Å². The average molecular weight is 1160 g/mol. The summed E-state index contributed by atoms with van der Waals surface area (Å²) >= 11 is 0. The second kappa shape index (κ2) is 17.2. The molecule has 1 rings (SSSR count). The summed E-state index contributed by atoms with van der Waals surface area (Å²) in [5, 5.41) is 0. The lowest BCUT2D eigenvalue weighted by Crippen LogP contribution is -2.64. The molecule has 1 aliphatic heterocycles. The Morgan fingerprint density at radius 1 is 0.0857 bits per heavy atom. The zero-order valence-electron chi connectivity index (χ0n) is 29.2. The van der Waals surface area contributed by atoms with Crippen LogP contribution in [0.3, 0.4) is 0 Å². The zero-order chi connectivity index (χ0) is 57.1. The first-order chi connectivity index (χ1) is 29.6. The fourth-order valence-corrected chi connectivity index (χ4v) is 2.80. The topological polar surface area (TPSA) is 92.3 Å². The van der Waals surface area contributed by atoms with Crippen LogP contribution in [0.15, 0.2) is 0 Å². The predicted octanol–water partition coefficient (Wildman–Crippen LogP) is 12.0. The minimum atomic E-state index is -8.70. The molecule has 0 saturated carbocycles. The van der Waals surface area contributed by atoms with E-state index >= 15 is 0 Å². The van der Waals surface area contributed by atoms with Crippen LogP contribution in [0.5, 0.6) is 0 Å². The summed E-state index contributed by atoms with van der Waals surface area (Å²) in [6.45, 7) is 0. The van der Waals surface area contributed by atoms with Gasteiger partial charge in [0.25, 0.3) is 0 Å². The second-order valence-corrected chi connectivity index (χ2v) is 11.4. The van der Waals surface area contributed by atoms with Gasteiger partial charge in [-0.25, -0.2) is 47.4 Å². The van der Waals surface area contributed by atoms with Crippen molar-refractivity contribution in [3.8, 4) is 0 Å². The Morgan fingerprint density at radius 3 is 0.143 bits per heavy atom. The summed E-state index contributed by atoms with van der Waals surface area (Å²) in [5.74, 6) is 0. The summed E-state index contributed by atoms with van der Waals surface area (Å²) < 4.78 is 554. The Labute approximate surface area is 346 Å². The van der Waals surface area contributed by atoms with E-state index in [-0.39, 0.29) is 0 Å². The van der Waals surface area contributed by atoms with Crippen LogP contribution in [-0.4, -0.2) is 122 Å². The molecule has 0 spiro atoms. The molecule has 70 heavy (non-hydrogen) atoms. The third kappa shape index (κ3) is 12.2. The number of hydrogen-bond donors (Lipinski definition) is 0. The quantitative estimate of drug-likeness (QED) is 0.218. The first-order valence-corrected chi connectivity index (χ1v) is 14.1. The Hall–Kier alpha value is -3.20. The van der Waals surface area contributed by atoms with Gasteiger partial charge in [-0.1, -0.05) is 0 Å². The third-order valence-electron chi connectivity index (χ3n) is 5.95. The van der Waals surface area contributed by atoms with Crippen molar-refractivity contribution in [2.24, 2.45) is 0 Å². The number of halogens is 40. The maximum absolute atomic E-state index is 13.6. The Bertz CT molecular complexity index is 1290. The van der Waals surface area contributed by atoms with Crippen LogP contribution >= 0.6 is 0 Å². The molecule has 420 valence electrons. The highest BCUT2D eigenvalue weighted by Crippen LogP contribution is 2.58. The van der Waals surface area contributed by atoms with Gasteiger partial charge in [-0.3, -0.25) is 0 Å². The molecule has 0 aliphatic carbocycles. The van der Waals surface area contributed by atoms with Crippen molar-refractivity contribution in [3.05, 3.63) is 0 Å². The molecule has 1 heterocycles. The minimum absolute atomic E-state index is 0.891. The van der Waals surface area contributed by atoms with Crippen molar-refractivity contribution in [2.75, 3.05) is 0 Å². The Kier molecular flexibility index (Phi) is 15.9. The summed E-state index contributed by atoms with van der Waals surface area (Å²) in [4.78, 5) is 0. The van der Waals surface area contributed by atoms with E-state index < -0.39 is 122 Å². The van der Waals surface area contributed by atoms with Crippen LogP contribution in [0, 0.1) is 0 Å². The molecule has 0 aromatic rings. The second-order valence-electron chi connectivity index (χ2n) is 11.4. The van der Waals surface area contributed by atoms with E-state index in [1.165, 1.54) is 0 Å². The smallest absolute Gasteiger partial charge is 0.241 e. The standard InChI is InChI=1S/C20F40O10/c21-1(22)2(23,24)62-5(29,30)6(31,32)64-9(37,38)10(39,40)66-13(45,46)14(47,48)68-17(53,54)18(55,56)70-20(59,60)19(57,58)69-16(51,52)15(49,50)67-12(43,44)11(41,42)65-8(35,36)7(33,34)63-4(27,28)3(25,26)61-1. The summed E-state index contributed by atoms with van der Waals surface area (Å²) in [6.07, 6.45) is -174. The van der Waals surface area contributed by atoms with Crippen molar-refractivity contribution >= 4 is 0 Å². The van der Waals surface area contributed by atoms with Crippen LogP contribution in [0.4, 0.5) is 176 Å². The SMILES string of the molecule is FC1(F)OC(F)(F)C(F)(F)OC(F)(F)C(F)(F)OC(F)(F)C(F)(F)OC(F)(F)C(F)(F)OC(F)(F)C(F)(F)OC(F)(F)C(F)(F)OC(F)(F)C(F)(F)OC(F)(F)C(F)(F)OC(F)(F)C(F)(F)OC1(F)F. The fraction of sp³-hybridized carbons (Fsp3) is 1.00. The number of hydrogen-bond acceptors (Lipinski definition) is 10. The van der Waals surface area contributed by atoms with E-state index in [1.54, 1.807) is 0 Å². The molecule has 0 aromatic carbocycles. The molecular weight excluding hydrogens is 1160 g/mol. The molecule has 50 heteroatoms. The van der Waals surface area contributed by atoms with E-state index in [9.17, 15) is 176 Å². The predicted molar refractivity (Wildman–Crippen MR) is 110 cm³/mol. The maximum atomic E-state index is 13.6. The molecule has 0 radical (unpaired) electrons. The minimum Gasteiger partial charge on any atom is -0.241 e. The van der Waals surface area contributed by atoms with Crippen molar-refractivity contribution in [3.63, 3.8) is 0 Å². The van der Waals surface area contributed by atoms with Crippen molar-refractivity contribution in [2.45, 2.75) is 122 Å². The van der Waals surface area contributed by atoms with Crippen LogP contribution in [0.25, 0.3) is 0 Å². The lowest BCUT2D eigenvalue weighted by molar-refractivity contribution is -0.610. The fourth-order valence-electron chi connectivity index (χ4n) is 2.80. The molecule has 0 unspecified atom stereocenters. The number of ether oxygens (including phenoxy) is 10. The lowest BCUT2D eigenvalue weighted by Gasteiger charge is -2.38. The van der Waals surface area contributed by atoms with E-state index in [1.807, 2.05) is 0 Å².